The van der Waals surface area contributed by atoms with E-state index < -0.39 is 17.2 Å². The molecule has 0 radical (unpaired) electrons. The van der Waals surface area contributed by atoms with E-state index in [1.54, 1.807) is 4.90 Å². The van der Waals surface area contributed by atoms with Crippen molar-refractivity contribution in [2.45, 2.75) is 69.7 Å². The minimum Gasteiger partial charge on any atom is -0.458 e. The predicted octanol–water partition coefficient (Wildman–Crippen LogP) is 5.06. The highest BCUT2D eigenvalue weighted by atomic mass is 16.6. The van der Waals surface area contributed by atoms with Gasteiger partial charge in [0.1, 0.15) is 17.7 Å². The monoisotopic (exact) mass is 407 g/mol. The Morgan fingerprint density at radius 2 is 1.67 bits per heavy atom. The summed E-state index contributed by atoms with van der Waals surface area (Å²) in [7, 11) is 0. The molecule has 2 aromatic rings. The van der Waals surface area contributed by atoms with Gasteiger partial charge in [0.15, 0.2) is 0 Å². The fraction of sp³-hybridized carbons (Fsp3) is 0.440. The van der Waals surface area contributed by atoms with Gasteiger partial charge in [-0.3, -0.25) is 4.90 Å². The predicted molar refractivity (Wildman–Crippen MR) is 114 cm³/mol. The summed E-state index contributed by atoms with van der Waals surface area (Å²) >= 11 is 0. The normalized spacial score (nSPS) is 25.2. The highest BCUT2D eigenvalue weighted by Gasteiger charge is 2.64. The number of hydrogen-bond acceptors (Lipinski definition) is 4. The van der Waals surface area contributed by atoms with Crippen molar-refractivity contribution in [3.05, 3.63) is 71.8 Å². The largest absolute Gasteiger partial charge is 0.458 e. The molecule has 30 heavy (non-hydrogen) atoms. The van der Waals surface area contributed by atoms with Crippen molar-refractivity contribution >= 4 is 12.1 Å². The molecule has 2 saturated heterocycles. The highest BCUT2D eigenvalue weighted by Crippen LogP contribution is 2.54. The summed E-state index contributed by atoms with van der Waals surface area (Å²) in [5.74, 6) is -0.232. The van der Waals surface area contributed by atoms with Crippen molar-refractivity contribution in [2.24, 2.45) is 0 Å². The van der Waals surface area contributed by atoms with Gasteiger partial charge in [-0.15, -0.1) is 0 Å². The summed E-state index contributed by atoms with van der Waals surface area (Å²) in [6, 6.07) is 19.6. The van der Waals surface area contributed by atoms with E-state index in [1.165, 1.54) is 0 Å². The van der Waals surface area contributed by atoms with Crippen LogP contribution < -0.4 is 0 Å². The van der Waals surface area contributed by atoms with Crippen LogP contribution in [0.15, 0.2) is 60.7 Å². The summed E-state index contributed by atoms with van der Waals surface area (Å²) < 4.78 is 11.4. The molecule has 158 valence electrons. The van der Waals surface area contributed by atoms with Crippen LogP contribution in [0.2, 0.25) is 0 Å². The van der Waals surface area contributed by atoms with Gasteiger partial charge >= 0.3 is 12.1 Å². The summed E-state index contributed by atoms with van der Waals surface area (Å²) in [6.07, 6.45) is 1.50. The number of fused-ring (bicyclic) bond motifs is 2. The number of nitrogens with zero attached hydrogens (tertiary/aromatic N) is 1. The zero-order chi connectivity index (χ0) is 21.4. The van der Waals surface area contributed by atoms with Crippen LogP contribution in [0.3, 0.4) is 0 Å². The van der Waals surface area contributed by atoms with Crippen LogP contribution >= 0.6 is 0 Å². The summed E-state index contributed by atoms with van der Waals surface area (Å²) in [4.78, 5) is 28.2. The molecule has 1 amide bonds. The molecule has 4 rings (SSSR count). The van der Waals surface area contributed by atoms with Crippen LogP contribution in [0, 0.1) is 0 Å². The molecule has 0 aromatic heterocycles. The standard InChI is InChI=1S/C25H29NO4/c1-24(2,3)30-22(27)25-15-14-21(20(16-25)19-12-8-5-9-13-19)26(25)23(28)29-17-18-10-6-4-7-11-18/h4-13,20-21H,14-17H2,1-3H3/t20-,21+,25-/m0/s1. The quantitative estimate of drug-likeness (QED) is 0.665. The zero-order valence-electron chi connectivity index (χ0n) is 17.8. The second-order valence-corrected chi connectivity index (χ2v) is 9.27. The molecule has 5 nitrogen and oxygen atoms in total. The molecule has 2 aromatic carbocycles. The van der Waals surface area contributed by atoms with E-state index >= 15 is 0 Å². The third-order valence-corrected chi connectivity index (χ3v) is 6.08. The average molecular weight is 408 g/mol. The molecular weight excluding hydrogens is 378 g/mol. The van der Waals surface area contributed by atoms with Crippen LogP contribution in [0.1, 0.15) is 57.1 Å². The highest BCUT2D eigenvalue weighted by molar-refractivity contribution is 5.88. The van der Waals surface area contributed by atoms with Gasteiger partial charge in [-0.25, -0.2) is 9.59 Å². The molecule has 0 spiro atoms. The fourth-order valence-electron chi connectivity index (χ4n) is 4.83. The lowest BCUT2D eigenvalue weighted by Gasteiger charge is -2.34. The van der Waals surface area contributed by atoms with Crippen LogP contribution in [-0.4, -0.2) is 34.1 Å². The van der Waals surface area contributed by atoms with E-state index in [0.29, 0.717) is 12.8 Å². The average Bonchev–Trinajstić information content (AvgIpc) is 3.27. The van der Waals surface area contributed by atoms with Crippen LogP contribution in [0.5, 0.6) is 0 Å². The van der Waals surface area contributed by atoms with E-state index in [-0.39, 0.29) is 24.5 Å². The lowest BCUT2D eigenvalue weighted by atomic mass is 9.78. The SMILES string of the molecule is CC(C)(C)OC(=O)[C@]12CC[C@H]([C@H](c3ccccc3)C1)N2C(=O)OCc1ccccc1. The van der Waals surface area contributed by atoms with Crippen molar-refractivity contribution < 1.29 is 19.1 Å². The van der Waals surface area contributed by atoms with Gasteiger partial charge in [-0.1, -0.05) is 60.7 Å². The van der Waals surface area contributed by atoms with Gasteiger partial charge in [0.25, 0.3) is 0 Å². The van der Waals surface area contributed by atoms with Gasteiger partial charge in [0.05, 0.1) is 0 Å². The van der Waals surface area contributed by atoms with Crippen molar-refractivity contribution in [1.82, 2.24) is 4.90 Å². The first kappa shape index (κ1) is 20.5. The molecule has 2 aliphatic heterocycles. The van der Waals surface area contributed by atoms with Crippen molar-refractivity contribution in [1.29, 1.82) is 0 Å². The number of benzene rings is 2. The first-order chi connectivity index (χ1) is 14.3. The molecular formula is C25H29NO4. The third-order valence-electron chi connectivity index (χ3n) is 6.08. The fourth-order valence-corrected chi connectivity index (χ4v) is 4.83. The van der Waals surface area contributed by atoms with E-state index in [1.807, 2.05) is 69.3 Å². The Morgan fingerprint density at radius 3 is 2.30 bits per heavy atom. The molecule has 0 N–H and O–H groups in total. The number of rotatable bonds is 4. The topological polar surface area (TPSA) is 55.8 Å². The van der Waals surface area contributed by atoms with E-state index in [0.717, 1.165) is 17.5 Å². The van der Waals surface area contributed by atoms with Gasteiger partial charge in [0, 0.05) is 12.0 Å². The molecule has 0 saturated carbocycles. The smallest absolute Gasteiger partial charge is 0.411 e. The number of ether oxygens (including phenoxy) is 2. The summed E-state index contributed by atoms with van der Waals surface area (Å²) in [5.41, 5.74) is 0.484. The van der Waals surface area contributed by atoms with Gasteiger partial charge in [0.2, 0.25) is 0 Å². The Bertz CT molecular complexity index is 906. The summed E-state index contributed by atoms with van der Waals surface area (Å²) in [5, 5.41) is 0. The van der Waals surface area contributed by atoms with Gasteiger partial charge < -0.3 is 9.47 Å². The second-order valence-electron chi connectivity index (χ2n) is 9.27. The minimum atomic E-state index is -0.966. The number of carbonyl (C=O) groups is 2. The molecule has 2 bridgehead atoms. The Kier molecular flexibility index (Phi) is 5.31. The number of hydrogen-bond donors (Lipinski definition) is 0. The van der Waals surface area contributed by atoms with Crippen molar-refractivity contribution in [3.63, 3.8) is 0 Å². The Morgan fingerprint density at radius 1 is 1.03 bits per heavy atom. The first-order valence-corrected chi connectivity index (χ1v) is 10.6. The van der Waals surface area contributed by atoms with Crippen LogP contribution in [-0.2, 0) is 20.9 Å². The molecule has 0 unspecified atom stereocenters. The lowest BCUT2D eigenvalue weighted by molar-refractivity contribution is -0.166. The van der Waals surface area contributed by atoms with Crippen molar-refractivity contribution in [2.75, 3.05) is 0 Å². The lowest BCUT2D eigenvalue weighted by Crippen LogP contribution is -2.53. The maximum atomic E-state index is 13.3. The Labute approximate surface area is 178 Å². The number of carbonyl (C=O) groups excluding carboxylic acids is 2. The van der Waals surface area contributed by atoms with E-state index in [2.05, 4.69) is 12.1 Å². The van der Waals surface area contributed by atoms with E-state index in [9.17, 15) is 9.59 Å². The van der Waals surface area contributed by atoms with Crippen LogP contribution in [0.4, 0.5) is 4.79 Å². The molecule has 0 aliphatic carbocycles. The molecule has 2 aliphatic rings. The minimum absolute atomic E-state index is 0.0665. The van der Waals surface area contributed by atoms with Crippen LogP contribution in [0.25, 0.3) is 0 Å². The summed E-state index contributed by atoms with van der Waals surface area (Å²) in [6.45, 7) is 5.75. The number of amides is 1. The molecule has 3 atom stereocenters. The molecule has 5 heteroatoms. The molecule has 2 heterocycles. The van der Waals surface area contributed by atoms with Gasteiger partial charge in [-0.05, 0) is 51.2 Å². The first-order valence-electron chi connectivity index (χ1n) is 10.6. The third kappa shape index (κ3) is 3.81. The van der Waals surface area contributed by atoms with Crippen molar-refractivity contribution in [3.8, 4) is 0 Å². The Hall–Kier alpha value is -2.82. The molecule has 2 fully saturated rings. The Balaban J connectivity index is 1.61. The zero-order valence-corrected chi connectivity index (χ0v) is 17.8. The van der Waals surface area contributed by atoms with E-state index in [4.69, 9.17) is 9.47 Å². The maximum absolute atomic E-state index is 13.3. The number of esters is 1. The van der Waals surface area contributed by atoms with Gasteiger partial charge in [-0.2, -0.15) is 0 Å². The second kappa shape index (κ2) is 7.78. The maximum Gasteiger partial charge on any atom is 0.411 e.